The van der Waals surface area contributed by atoms with Crippen LogP contribution in [0.3, 0.4) is 0 Å². The van der Waals surface area contributed by atoms with E-state index in [2.05, 4.69) is 5.32 Å². The van der Waals surface area contributed by atoms with E-state index < -0.39 is 11.7 Å². The van der Waals surface area contributed by atoms with Gasteiger partial charge in [0, 0.05) is 19.5 Å². The van der Waals surface area contributed by atoms with Crippen molar-refractivity contribution in [3.63, 3.8) is 0 Å². The van der Waals surface area contributed by atoms with Crippen LogP contribution in [0.25, 0.3) is 0 Å². The number of benzene rings is 2. The van der Waals surface area contributed by atoms with Crippen molar-refractivity contribution < 1.29 is 14.0 Å². The Morgan fingerprint density at radius 1 is 1.21 bits per heavy atom. The lowest BCUT2D eigenvalue weighted by molar-refractivity contribution is -0.128. The zero-order chi connectivity index (χ0) is 17.1. The molecule has 0 aromatic heterocycles. The lowest BCUT2D eigenvalue weighted by Crippen LogP contribution is -2.28. The summed E-state index contributed by atoms with van der Waals surface area (Å²) in [4.78, 5) is 26.1. The van der Waals surface area contributed by atoms with Gasteiger partial charge >= 0.3 is 0 Å². The minimum absolute atomic E-state index is 0.0291. The topological polar surface area (TPSA) is 49.4 Å². The van der Waals surface area contributed by atoms with Crippen molar-refractivity contribution in [1.29, 1.82) is 0 Å². The minimum atomic E-state index is -0.669. The molecule has 24 heavy (non-hydrogen) atoms. The Bertz CT molecular complexity index is 767. The van der Waals surface area contributed by atoms with Gasteiger partial charge < -0.3 is 10.2 Å². The molecule has 1 fully saturated rings. The van der Waals surface area contributed by atoms with Gasteiger partial charge in [0.05, 0.1) is 16.6 Å². The van der Waals surface area contributed by atoms with Gasteiger partial charge in [-0.3, -0.25) is 9.59 Å². The Hall–Kier alpha value is -2.40. The highest BCUT2D eigenvalue weighted by molar-refractivity contribution is 6.31. The van der Waals surface area contributed by atoms with E-state index in [9.17, 15) is 14.0 Å². The Labute approximate surface area is 144 Å². The van der Waals surface area contributed by atoms with Crippen LogP contribution in [0.1, 0.15) is 12.0 Å². The smallest absolute Gasteiger partial charge is 0.229 e. The van der Waals surface area contributed by atoms with Crippen LogP contribution in [0.15, 0.2) is 48.5 Å². The first-order chi connectivity index (χ1) is 11.5. The Kier molecular flexibility index (Phi) is 4.81. The second kappa shape index (κ2) is 7.01. The molecule has 2 amide bonds. The number of carbonyl (C=O) groups excluding carboxylic acids is 2. The fourth-order valence-electron chi connectivity index (χ4n) is 2.74. The molecule has 124 valence electrons. The number of nitrogens with zero attached hydrogens (tertiary/aromatic N) is 1. The van der Waals surface area contributed by atoms with E-state index in [1.54, 1.807) is 11.0 Å². The molecule has 0 saturated carbocycles. The Morgan fingerprint density at radius 3 is 2.71 bits per heavy atom. The molecule has 2 aromatic carbocycles. The molecule has 1 aliphatic rings. The number of hydrogen-bond donors (Lipinski definition) is 1. The molecule has 1 N–H and O–H groups in total. The van der Waals surface area contributed by atoms with Gasteiger partial charge in [-0.15, -0.1) is 0 Å². The molecule has 2 aromatic rings. The van der Waals surface area contributed by atoms with Crippen LogP contribution >= 0.6 is 11.6 Å². The van der Waals surface area contributed by atoms with Gasteiger partial charge in [-0.25, -0.2) is 4.39 Å². The van der Waals surface area contributed by atoms with Crippen molar-refractivity contribution in [2.24, 2.45) is 5.92 Å². The highest BCUT2D eigenvalue weighted by Crippen LogP contribution is 2.25. The van der Waals surface area contributed by atoms with Crippen LogP contribution in [0, 0.1) is 11.7 Å². The fraction of sp³-hybridized carbons (Fsp3) is 0.222. The number of likely N-dealkylation sites (tertiary alicyclic amines) is 1. The van der Waals surface area contributed by atoms with Crippen molar-refractivity contribution >= 4 is 29.1 Å². The summed E-state index contributed by atoms with van der Waals surface area (Å²) in [5.74, 6) is -1.62. The standard InChI is InChI=1S/C18H16ClFN2O2/c19-14-7-4-8-15(17(14)20)21-18(24)13-9-16(23)22(11-13)10-12-5-2-1-3-6-12/h1-8,13H,9-11H2,(H,21,24). The first-order valence-corrected chi connectivity index (χ1v) is 7.99. The monoisotopic (exact) mass is 346 g/mol. The van der Waals surface area contributed by atoms with E-state index >= 15 is 0 Å². The summed E-state index contributed by atoms with van der Waals surface area (Å²) in [6, 6.07) is 14.0. The van der Waals surface area contributed by atoms with Crippen molar-refractivity contribution in [2.75, 3.05) is 11.9 Å². The molecule has 1 unspecified atom stereocenters. The minimum Gasteiger partial charge on any atom is -0.338 e. The first kappa shape index (κ1) is 16.5. The molecule has 0 spiro atoms. The van der Waals surface area contributed by atoms with Crippen LogP contribution in [-0.2, 0) is 16.1 Å². The van der Waals surface area contributed by atoms with Gasteiger partial charge in [0.1, 0.15) is 0 Å². The SMILES string of the molecule is O=C(Nc1cccc(Cl)c1F)C1CC(=O)N(Cc2ccccc2)C1. The average molecular weight is 347 g/mol. The van der Waals surface area contributed by atoms with E-state index in [4.69, 9.17) is 11.6 Å². The molecule has 1 aliphatic heterocycles. The number of hydrogen-bond acceptors (Lipinski definition) is 2. The second-order valence-corrected chi connectivity index (χ2v) is 6.16. The number of rotatable bonds is 4. The molecule has 0 radical (unpaired) electrons. The van der Waals surface area contributed by atoms with Crippen LogP contribution in [0.4, 0.5) is 10.1 Å². The summed E-state index contributed by atoms with van der Waals surface area (Å²) in [5.41, 5.74) is 1.04. The summed E-state index contributed by atoms with van der Waals surface area (Å²) in [6.07, 6.45) is 0.126. The second-order valence-electron chi connectivity index (χ2n) is 5.75. The molecule has 0 bridgehead atoms. The van der Waals surface area contributed by atoms with Crippen LogP contribution in [-0.4, -0.2) is 23.3 Å². The number of nitrogens with one attached hydrogen (secondary N) is 1. The maximum absolute atomic E-state index is 13.9. The highest BCUT2D eigenvalue weighted by atomic mass is 35.5. The highest BCUT2D eigenvalue weighted by Gasteiger charge is 2.34. The summed E-state index contributed by atoms with van der Waals surface area (Å²) >= 11 is 5.70. The van der Waals surface area contributed by atoms with Crippen LogP contribution in [0.2, 0.25) is 5.02 Å². The average Bonchev–Trinajstić information content (AvgIpc) is 2.94. The fourth-order valence-corrected chi connectivity index (χ4v) is 2.91. The summed E-state index contributed by atoms with van der Waals surface area (Å²) in [5, 5.41) is 2.47. The van der Waals surface area contributed by atoms with Crippen molar-refractivity contribution in [1.82, 2.24) is 4.90 Å². The van der Waals surface area contributed by atoms with Crippen molar-refractivity contribution in [3.05, 3.63) is 64.9 Å². The predicted octanol–water partition coefficient (Wildman–Crippen LogP) is 3.47. The summed E-state index contributed by atoms with van der Waals surface area (Å²) in [6.45, 7) is 0.788. The van der Waals surface area contributed by atoms with E-state index in [-0.39, 0.29) is 28.9 Å². The molecular weight excluding hydrogens is 331 g/mol. The van der Waals surface area contributed by atoms with Crippen LogP contribution in [0.5, 0.6) is 0 Å². The maximum atomic E-state index is 13.9. The lowest BCUT2D eigenvalue weighted by Gasteiger charge is -2.16. The first-order valence-electron chi connectivity index (χ1n) is 7.61. The van der Waals surface area contributed by atoms with Gasteiger partial charge in [0.25, 0.3) is 0 Å². The third-order valence-corrected chi connectivity index (χ3v) is 4.30. The number of carbonyl (C=O) groups is 2. The van der Waals surface area contributed by atoms with E-state index in [1.165, 1.54) is 12.1 Å². The molecule has 6 heteroatoms. The van der Waals surface area contributed by atoms with Crippen molar-refractivity contribution in [2.45, 2.75) is 13.0 Å². The third-order valence-electron chi connectivity index (χ3n) is 4.01. The lowest BCUT2D eigenvalue weighted by atomic mass is 10.1. The maximum Gasteiger partial charge on any atom is 0.229 e. The van der Waals surface area contributed by atoms with Gasteiger partial charge in [-0.05, 0) is 17.7 Å². The molecule has 0 aliphatic carbocycles. The molecule has 1 heterocycles. The van der Waals surface area contributed by atoms with Crippen LogP contribution < -0.4 is 5.32 Å². The number of halogens is 2. The quantitative estimate of drug-likeness (QED) is 0.921. The van der Waals surface area contributed by atoms with Gasteiger partial charge in [-0.1, -0.05) is 48.0 Å². The predicted molar refractivity (Wildman–Crippen MR) is 90.0 cm³/mol. The summed E-state index contributed by atoms with van der Waals surface area (Å²) in [7, 11) is 0. The molecular formula is C18H16ClFN2O2. The summed E-state index contributed by atoms with van der Waals surface area (Å²) < 4.78 is 13.9. The van der Waals surface area contributed by atoms with Gasteiger partial charge in [-0.2, -0.15) is 0 Å². The van der Waals surface area contributed by atoms with E-state index in [0.717, 1.165) is 5.56 Å². The zero-order valence-electron chi connectivity index (χ0n) is 12.8. The molecule has 3 rings (SSSR count). The Balaban J connectivity index is 1.64. The molecule has 1 saturated heterocycles. The van der Waals surface area contributed by atoms with Gasteiger partial charge in [0.15, 0.2) is 5.82 Å². The third kappa shape index (κ3) is 3.57. The largest absolute Gasteiger partial charge is 0.338 e. The number of anilines is 1. The Morgan fingerprint density at radius 2 is 1.96 bits per heavy atom. The van der Waals surface area contributed by atoms with E-state index in [0.29, 0.717) is 13.1 Å². The van der Waals surface area contributed by atoms with Crippen molar-refractivity contribution in [3.8, 4) is 0 Å². The zero-order valence-corrected chi connectivity index (χ0v) is 13.6. The van der Waals surface area contributed by atoms with E-state index in [1.807, 2.05) is 30.3 Å². The normalized spacial score (nSPS) is 17.2. The molecule has 4 nitrogen and oxygen atoms in total. The molecule has 1 atom stereocenters. The number of amides is 2. The van der Waals surface area contributed by atoms with Gasteiger partial charge in [0.2, 0.25) is 11.8 Å².